The molecule has 0 amide bonds. The van der Waals surface area contributed by atoms with Crippen LogP contribution in [0, 0.1) is 0 Å². The van der Waals surface area contributed by atoms with Gasteiger partial charge < -0.3 is 9.64 Å². The number of piperazine rings is 1. The zero-order chi connectivity index (χ0) is 28.6. The minimum absolute atomic E-state index is 0.131. The smallest absolute Gasteiger partial charge is 0.416 e. The normalized spacial score (nSPS) is 16.0. The lowest BCUT2D eigenvalue weighted by Gasteiger charge is -2.37. The molecule has 3 aromatic rings. The summed E-state index contributed by atoms with van der Waals surface area (Å²) in [6.45, 7) is 8.84. The first-order valence-corrected chi connectivity index (χ1v) is 14.2. The third-order valence-corrected chi connectivity index (χ3v) is 7.94. The molecule has 1 unspecified atom stereocenters. The monoisotopic (exact) mass is 552 g/mol. The zero-order valence-electron chi connectivity index (χ0n) is 23.4. The standard InChI is InChI=1S/C33H39F3N2O2/c1-3-23-40-31(39)32(4-2,28-13-6-5-7-14-28)17-10-18-37-19-21-38(22-20-37)30-16-9-12-27(25-30)26-11-8-15-29(24-26)33(34,35)36/h5-9,11-16,24-25H,3-4,10,17-23H2,1-2H3. The van der Waals surface area contributed by atoms with E-state index >= 15 is 0 Å². The third-order valence-electron chi connectivity index (χ3n) is 7.94. The van der Waals surface area contributed by atoms with Crippen molar-refractivity contribution in [3.05, 3.63) is 90.0 Å². The number of esters is 1. The van der Waals surface area contributed by atoms with Crippen molar-refractivity contribution in [1.29, 1.82) is 0 Å². The molecule has 4 nitrogen and oxygen atoms in total. The van der Waals surface area contributed by atoms with Gasteiger partial charge in [0, 0.05) is 31.9 Å². The fraction of sp³-hybridized carbons (Fsp3) is 0.424. The highest BCUT2D eigenvalue weighted by Gasteiger charge is 2.39. The van der Waals surface area contributed by atoms with E-state index in [-0.39, 0.29) is 5.97 Å². The molecule has 4 rings (SSSR count). The van der Waals surface area contributed by atoms with Crippen LogP contribution in [0.2, 0.25) is 0 Å². The van der Waals surface area contributed by atoms with Crippen molar-refractivity contribution in [2.24, 2.45) is 0 Å². The Labute approximate surface area is 235 Å². The van der Waals surface area contributed by atoms with E-state index < -0.39 is 17.2 Å². The summed E-state index contributed by atoms with van der Waals surface area (Å²) < 4.78 is 45.3. The van der Waals surface area contributed by atoms with Crippen molar-refractivity contribution in [3.8, 4) is 11.1 Å². The Balaban J connectivity index is 1.36. The molecule has 0 N–H and O–H groups in total. The first kappa shape index (κ1) is 29.7. The van der Waals surface area contributed by atoms with Crippen molar-refractivity contribution in [2.75, 3.05) is 44.2 Å². The van der Waals surface area contributed by atoms with Gasteiger partial charge in [-0.3, -0.25) is 9.69 Å². The number of benzene rings is 3. The van der Waals surface area contributed by atoms with Crippen LogP contribution in [-0.4, -0.2) is 50.2 Å². The number of halogens is 3. The van der Waals surface area contributed by atoms with E-state index in [1.54, 1.807) is 6.07 Å². The quantitative estimate of drug-likeness (QED) is 0.230. The van der Waals surface area contributed by atoms with Crippen molar-refractivity contribution in [3.63, 3.8) is 0 Å². The molecular weight excluding hydrogens is 513 g/mol. The van der Waals surface area contributed by atoms with Crippen LogP contribution in [0.3, 0.4) is 0 Å². The van der Waals surface area contributed by atoms with Gasteiger partial charge in [-0.1, -0.05) is 68.4 Å². The highest BCUT2D eigenvalue weighted by molar-refractivity contribution is 5.83. The van der Waals surface area contributed by atoms with Crippen LogP contribution in [0.1, 0.15) is 50.7 Å². The molecule has 0 saturated carbocycles. The summed E-state index contributed by atoms with van der Waals surface area (Å²) in [5.41, 5.74) is 2.10. The number of nitrogens with zero attached hydrogens (tertiary/aromatic N) is 2. The summed E-state index contributed by atoms with van der Waals surface area (Å²) in [6, 6.07) is 23.2. The van der Waals surface area contributed by atoms with E-state index in [4.69, 9.17) is 4.74 Å². The molecule has 1 saturated heterocycles. The van der Waals surface area contributed by atoms with Gasteiger partial charge in [0.05, 0.1) is 17.6 Å². The van der Waals surface area contributed by atoms with E-state index in [2.05, 4.69) is 16.7 Å². The largest absolute Gasteiger partial charge is 0.465 e. The summed E-state index contributed by atoms with van der Waals surface area (Å²) in [5, 5.41) is 0. The summed E-state index contributed by atoms with van der Waals surface area (Å²) in [4.78, 5) is 18.0. The van der Waals surface area contributed by atoms with Crippen LogP contribution in [0.5, 0.6) is 0 Å². The van der Waals surface area contributed by atoms with E-state index in [9.17, 15) is 18.0 Å². The molecule has 1 aliphatic heterocycles. The minimum atomic E-state index is -4.36. The number of carbonyl (C=O) groups is 1. The van der Waals surface area contributed by atoms with Crippen LogP contribution in [0.4, 0.5) is 18.9 Å². The number of carbonyl (C=O) groups excluding carboxylic acids is 1. The van der Waals surface area contributed by atoms with Gasteiger partial charge in [0.1, 0.15) is 0 Å². The topological polar surface area (TPSA) is 32.8 Å². The molecule has 0 aliphatic carbocycles. The molecular formula is C33H39F3N2O2. The van der Waals surface area contributed by atoms with Gasteiger partial charge in [0.2, 0.25) is 0 Å². The van der Waals surface area contributed by atoms with Crippen LogP contribution in [0.15, 0.2) is 78.9 Å². The summed E-state index contributed by atoms with van der Waals surface area (Å²) in [6.07, 6.45) is -1.26. The lowest BCUT2D eigenvalue weighted by molar-refractivity contribution is -0.151. The molecule has 0 spiro atoms. The van der Waals surface area contributed by atoms with Crippen molar-refractivity contribution in [1.82, 2.24) is 4.90 Å². The fourth-order valence-corrected chi connectivity index (χ4v) is 5.57. The first-order chi connectivity index (χ1) is 19.3. The average Bonchev–Trinajstić information content (AvgIpc) is 2.99. The van der Waals surface area contributed by atoms with Crippen LogP contribution in [0.25, 0.3) is 11.1 Å². The third kappa shape index (κ3) is 7.05. The van der Waals surface area contributed by atoms with Crippen molar-refractivity contribution < 1.29 is 22.7 Å². The van der Waals surface area contributed by atoms with Crippen LogP contribution in [-0.2, 0) is 21.1 Å². The molecule has 1 aliphatic rings. The molecule has 1 fully saturated rings. The second-order valence-corrected chi connectivity index (χ2v) is 10.5. The Morgan fingerprint density at radius 3 is 2.12 bits per heavy atom. The Bertz CT molecular complexity index is 1240. The summed E-state index contributed by atoms with van der Waals surface area (Å²) in [7, 11) is 0. The Morgan fingerprint density at radius 2 is 1.48 bits per heavy atom. The average molecular weight is 553 g/mol. The Morgan fingerprint density at radius 1 is 0.825 bits per heavy atom. The van der Waals surface area contributed by atoms with Gasteiger partial charge in [-0.15, -0.1) is 0 Å². The first-order valence-electron chi connectivity index (χ1n) is 14.2. The molecule has 0 bridgehead atoms. The molecule has 3 aromatic carbocycles. The number of hydrogen-bond donors (Lipinski definition) is 0. The number of rotatable bonds is 11. The minimum Gasteiger partial charge on any atom is -0.465 e. The molecule has 7 heteroatoms. The number of hydrogen-bond acceptors (Lipinski definition) is 4. The molecule has 0 aromatic heterocycles. The van der Waals surface area contributed by atoms with E-state index in [1.807, 2.05) is 61.5 Å². The second kappa shape index (κ2) is 13.4. The summed E-state index contributed by atoms with van der Waals surface area (Å²) >= 11 is 0. The number of anilines is 1. The maximum Gasteiger partial charge on any atom is 0.416 e. The second-order valence-electron chi connectivity index (χ2n) is 10.5. The number of alkyl halides is 3. The summed E-state index contributed by atoms with van der Waals surface area (Å²) in [5.74, 6) is -0.131. The lowest BCUT2D eigenvalue weighted by Crippen LogP contribution is -2.47. The van der Waals surface area contributed by atoms with Gasteiger partial charge >= 0.3 is 12.1 Å². The SMILES string of the molecule is CCCOC(=O)C(CC)(CCCN1CCN(c2cccc(-c3cccc(C(F)(F)F)c3)c2)CC1)c1ccccc1. The van der Waals surface area contributed by atoms with E-state index in [0.717, 1.165) is 74.9 Å². The predicted octanol–water partition coefficient (Wildman–Crippen LogP) is 7.58. The molecule has 1 atom stereocenters. The van der Waals surface area contributed by atoms with Gasteiger partial charge in [-0.25, -0.2) is 0 Å². The van der Waals surface area contributed by atoms with Gasteiger partial charge in [0.25, 0.3) is 0 Å². The number of ether oxygens (including phenoxy) is 1. The zero-order valence-corrected chi connectivity index (χ0v) is 23.4. The Hall–Kier alpha value is -3.32. The van der Waals surface area contributed by atoms with Gasteiger partial charge in [-0.2, -0.15) is 13.2 Å². The van der Waals surface area contributed by atoms with Gasteiger partial charge in [0.15, 0.2) is 0 Å². The Kier molecular flexibility index (Phi) is 9.90. The molecule has 1 heterocycles. The van der Waals surface area contributed by atoms with Crippen LogP contribution < -0.4 is 4.90 Å². The molecule has 40 heavy (non-hydrogen) atoms. The predicted molar refractivity (Wildman–Crippen MR) is 154 cm³/mol. The maximum atomic E-state index is 13.2. The maximum absolute atomic E-state index is 13.2. The molecule has 0 radical (unpaired) electrons. The van der Waals surface area contributed by atoms with Crippen molar-refractivity contribution >= 4 is 11.7 Å². The van der Waals surface area contributed by atoms with E-state index in [0.29, 0.717) is 18.6 Å². The highest BCUT2D eigenvalue weighted by Crippen LogP contribution is 2.36. The molecule has 214 valence electrons. The lowest BCUT2D eigenvalue weighted by atomic mass is 9.74. The van der Waals surface area contributed by atoms with Crippen LogP contribution >= 0.6 is 0 Å². The highest BCUT2D eigenvalue weighted by atomic mass is 19.4. The fourth-order valence-electron chi connectivity index (χ4n) is 5.57. The van der Waals surface area contributed by atoms with Gasteiger partial charge in [-0.05, 0) is 73.2 Å². The van der Waals surface area contributed by atoms with Crippen molar-refractivity contribution in [2.45, 2.75) is 51.1 Å². The van der Waals surface area contributed by atoms with E-state index in [1.165, 1.54) is 12.1 Å².